The first-order valence-corrected chi connectivity index (χ1v) is 10.2. The van der Waals surface area contributed by atoms with Crippen LogP contribution in [-0.4, -0.2) is 77.0 Å². The second-order valence-electron chi connectivity index (χ2n) is 8.37. The second-order valence-corrected chi connectivity index (χ2v) is 8.76. The molecular weight excluding hydrogens is 364 g/mol. The summed E-state index contributed by atoms with van der Waals surface area (Å²) in [6.07, 6.45) is 1.39. The zero-order chi connectivity index (χ0) is 18.9. The van der Waals surface area contributed by atoms with Crippen molar-refractivity contribution in [1.29, 1.82) is 0 Å². The van der Waals surface area contributed by atoms with E-state index in [1.807, 2.05) is 6.07 Å². The van der Waals surface area contributed by atoms with Crippen LogP contribution < -0.4 is 9.80 Å². The number of nitrogens with zero attached hydrogens (tertiary/aromatic N) is 6. The molecule has 0 aromatic carbocycles. The first-order valence-electron chi connectivity index (χ1n) is 9.80. The molecule has 0 aliphatic carbocycles. The van der Waals surface area contributed by atoms with Gasteiger partial charge in [-0.2, -0.15) is 0 Å². The SMILES string of the molecule is C[C@@H]1CN(c2nc3c(N4C[C@H]5C[C@@H]4CO5)nc(Cl)cc3n2C)C[C@H](C)N1C. The van der Waals surface area contributed by atoms with Crippen molar-refractivity contribution >= 4 is 34.4 Å². The molecule has 3 aliphatic heterocycles. The highest BCUT2D eigenvalue weighted by Gasteiger charge is 2.41. The monoisotopic (exact) mass is 390 g/mol. The lowest BCUT2D eigenvalue weighted by Gasteiger charge is -2.42. The van der Waals surface area contributed by atoms with Crippen LogP contribution in [-0.2, 0) is 11.8 Å². The van der Waals surface area contributed by atoms with E-state index in [-0.39, 0.29) is 0 Å². The van der Waals surface area contributed by atoms with Crippen LogP contribution in [0.4, 0.5) is 11.8 Å². The number of rotatable bonds is 2. The van der Waals surface area contributed by atoms with E-state index >= 15 is 0 Å². The zero-order valence-electron chi connectivity index (χ0n) is 16.4. The highest BCUT2D eigenvalue weighted by atomic mass is 35.5. The Bertz CT molecular complexity index is 873. The maximum Gasteiger partial charge on any atom is 0.206 e. The highest BCUT2D eigenvalue weighted by molar-refractivity contribution is 6.30. The van der Waals surface area contributed by atoms with E-state index in [1.165, 1.54) is 0 Å². The second kappa shape index (κ2) is 6.22. The molecule has 3 fully saturated rings. The van der Waals surface area contributed by atoms with Crippen molar-refractivity contribution in [3.63, 3.8) is 0 Å². The largest absolute Gasteiger partial charge is 0.374 e. The number of anilines is 2. The topological polar surface area (TPSA) is 49.7 Å². The van der Waals surface area contributed by atoms with E-state index in [4.69, 9.17) is 21.3 Å². The number of hydrogen-bond acceptors (Lipinski definition) is 6. The number of halogens is 1. The van der Waals surface area contributed by atoms with Gasteiger partial charge >= 0.3 is 0 Å². The Morgan fingerprint density at radius 1 is 1.11 bits per heavy atom. The van der Waals surface area contributed by atoms with Crippen LogP contribution in [0.15, 0.2) is 6.07 Å². The summed E-state index contributed by atoms with van der Waals surface area (Å²) < 4.78 is 7.93. The quantitative estimate of drug-likeness (QED) is 0.732. The van der Waals surface area contributed by atoms with Gasteiger partial charge in [0.15, 0.2) is 5.82 Å². The summed E-state index contributed by atoms with van der Waals surface area (Å²) in [5.74, 6) is 1.91. The molecule has 7 nitrogen and oxygen atoms in total. The molecule has 5 rings (SSSR count). The Kier molecular flexibility index (Phi) is 4.04. The molecule has 4 atom stereocenters. The molecule has 0 N–H and O–H groups in total. The van der Waals surface area contributed by atoms with Gasteiger partial charge in [0.1, 0.15) is 10.7 Å². The van der Waals surface area contributed by atoms with Crippen molar-refractivity contribution in [3.8, 4) is 0 Å². The van der Waals surface area contributed by atoms with E-state index < -0.39 is 0 Å². The molecule has 5 heterocycles. The van der Waals surface area contributed by atoms with Crippen molar-refractivity contribution in [3.05, 3.63) is 11.2 Å². The third-order valence-electron chi connectivity index (χ3n) is 6.61. The molecule has 2 bridgehead atoms. The smallest absolute Gasteiger partial charge is 0.206 e. The minimum absolute atomic E-state index is 0.313. The predicted molar refractivity (Wildman–Crippen MR) is 108 cm³/mol. The number of fused-ring (bicyclic) bond motifs is 3. The minimum Gasteiger partial charge on any atom is -0.374 e. The van der Waals surface area contributed by atoms with Crippen LogP contribution in [0.3, 0.4) is 0 Å². The van der Waals surface area contributed by atoms with Crippen molar-refractivity contribution < 1.29 is 4.74 Å². The molecule has 2 aromatic rings. The number of likely N-dealkylation sites (N-methyl/N-ethyl adjacent to an activating group) is 1. The van der Waals surface area contributed by atoms with E-state index in [0.29, 0.717) is 29.4 Å². The maximum absolute atomic E-state index is 6.41. The fourth-order valence-electron chi connectivity index (χ4n) is 4.84. The van der Waals surface area contributed by atoms with Crippen molar-refractivity contribution in [2.24, 2.45) is 7.05 Å². The van der Waals surface area contributed by atoms with E-state index in [0.717, 1.165) is 55.5 Å². The molecule has 0 radical (unpaired) electrons. The summed E-state index contributed by atoms with van der Waals surface area (Å²) in [6.45, 7) is 8.13. The van der Waals surface area contributed by atoms with Gasteiger partial charge in [0.25, 0.3) is 0 Å². The van der Waals surface area contributed by atoms with Gasteiger partial charge in [-0.25, -0.2) is 9.97 Å². The summed E-state index contributed by atoms with van der Waals surface area (Å²) in [7, 11) is 4.28. The fraction of sp³-hybridized carbons (Fsp3) is 0.684. The molecule has 3 aliphatic rings. The summed E-state index contributed by atoms with van der Waals surface area (Å²) in [6, 6.07) is 3.30. The molecule has 0 unspecified atom stereocenters. The molecular formula is C19H27ClN6O. The standard InChI is InChI=1S/C19H27ClN6O/c1-11-7-25(8-12(2)23(11)3)19-22-17-15(24(19)4)6-16(20)21-18(17)26-9-14-5-13(26)10-27-14/h6,11-14H,5,7-10H2,1-4H3/t11-,12+,13-,14-/m1/s1. The van der Waals surface area contributed by atoms with Gasteiger partial charge < -0.3 is 19.1 Å². The van der Waals surface area contributed by atoms with Crippen LogP contribution in [0, 0.1) is 0 Å². The Labute approximate surface area is 164 Å². The Morgan fingerprint density at radius 2 is 1.85 bits per heavy atom. The summed E-state index contributed by atoms with van der Waals surface area (Å²) in [5.41, 5.74) is 1.99. The summed E-state index contributed by atoms with van der Waals surface area (Å²) in [4.78, 5) is 16.9. The fourth-order valence-corrected chi connectivity index (χ4v) is 5.02. The third-order valence-corrected chi connectivity index (χ3v) is 6.80. The Hall–Kier alpha value is -1.57. The van der Waals surface area contributed by atoms with E-state index in [9.17, 15) is 0 Å². The van der Waals surface area contributed by atoms with Gasteiger partial charge in [0, 0.05) is 44.8 Å². The van der Waals surface area contributed by atoms with Crippen molar-refractivity contribution in [2.75, 3.05) is 43.1 Å². The lowest BCUT2D eigenvalue weighted by atomic mass is 10.1. The molecule has 2 aromatic heterocycles. The lowest BCUT2D eigenvalue weighted by molar-refractivity contribution is 0.0990. The summed E-state index contributed by atoms with van der Waals surface area (Å²) >= 11 is 6.41. The number of morpholine rings is 1. The average molecular weight is 391 g/mol. The molecule has 3 saturated heterocycles. The number of aryl methyl sites for hydroxylation is 1. The van der Waals surface area contributed by atoms with Crippen LogP contribution in [0.2, 0.25) is 5.15 Å². The normalized spacial score (nSPS) is 31.4. The zero-order valence-corrected chi connectivity index (χ0v) is 17.1. The number of imidazole rings is 1. The van der Waals surface area contributed by atoms with Gasteiger partial charge in [-0.1, -0.05) is 11.6 Å². The number of ether oxygens (including phenoxy) is 1. The van der Waals surface area contributed by atoms with Gasteiger partial charge in [0.2, 0.25) is 5.95 Å². The van der Waals surface area contributed by atoms with Crippen LogP contribution in [0.5, 0.6) is 0 Å². The lowest BCUT2D eigenvalue weighted by Crippen LogP contribution is -2.55. The predicted octanol–water partition coefficient (Wildman–Crippen LogP) is 2.13. The van der Waals surface area contributed by atoms with E-state index in [2.05, 4.69) is 52.2 Å². The summed E-state index contributed by atoms with van der Waals surface area (Å²) in [5, 5.41) is 0.524. The molecule has 0 spiro atoms. The minimum atomic E-state index is 0.313. The molecule has 27 heavy (non-hydrogen) atoms. The van der Waals surface area contributed by atoms with Crippen LogP contribution >= 0.6 is 11.6 Å². The van der Waals surface area contributed by atoms with Crippen LogP contribution in [0.1, 0.15) is 20.3 Å². The number of hydrogen-bond donors (Lipinski definition) is 0. The highest BCUT2D eigenvalue weighted by Crippen LogP contribution is 2.37. The van der Waals surface area contributed by atoms with E-state index in [1.54, 1.807) is 0 Å². The molecule has 146 valence electrons. The Morgan fingerprint density at radius 3 is 2.48 bits per heavy atom. The van der Waals surface area contributed by atoms with Gasteiger partial charge in [-0.3, -0.25) is 4.90 Å². The van der Waals surface area contributed by atoms with Gasteiger partial charge in [-0.05, 0) is 27.3 Å². The number of pyridine rings is 1. The van der Waals surface area contributed by atoms with Gasteiger partial charge in [-0.15, -0.1) is 0 Å². The molecule has 8 heteroatoms. The van der Waals surface area contributed by atoms with Crippen molar-refractivity contribution in [2.45, 2.75) is 44.5 Å². The molecule has 0 saturated carbocycles. The Balaban J connectivity index is 1.58. The first-order chi connectivity index (χ1) is 12.9. The number of aromatic nitrogens is 3. The first kappa shape index (κ1) is 17.5. The maximum atomic E-state index is 6.41. The average Bonchev–Trinajstić information content (AvgIpc) is 3.34. The third kappa shape index (κ3) is 2.70. The van der Waals surface area contributed by atoms with Crippen molar-refractivity contribution in [1.82, 2.24) is 19.4 Å². The van der Waals surface area contributed by atoms with Gasteiger partial charge in [0.05, 0.1) is 24.3 Å². The van der Waals surface area contributed by atoms with Crippen LogP contribution in [0.25, 0.3) is 11.0 Å². The molecule has 0 amide bonds. The number of piperazine rings is 1.